The van der Waals surface area contributed by atoms with Gasteiger partial charge in [-0.2, -0.15) is 0 Å². The second kappa shape index (κ2) is 6.06. The van der Waals surface area contributed by atoms with Crippen LogP contribution < -0.4 is 4.74 Å². The Balaban J connectivity index is 2.20. The van der Waals surface area contributed by atoms with Crippen LogP contribution in [-0.2, 0) is 0 Å². The molecular formula is C13H12BrClO2S. The fourth-order valence-electron chi connectivity index (χ4n) is 1.58. The van der Waals surface area contributed by atoms with Crippen molar-refractivity contribution in [2.45, 2.75) is 13.0 Å². The van der Waals surface area contributed by atoms with E-state index in [0.29, 0.717) is 10.9 Å². The van der Waals surface area contributed by atoms with E-state index in [4.69, 9.17) is 16.3 Å². The van der Waals surface area contributed by atoms with E-state index >= 15 is 0 Å². The van der Waals surface area contributed by atoms with Crippen LogP contribution in [0, 0.1) is 0 Å². The van der Waals surface area contributed by atoms with E-state index in [1.165, 1.54) is 11.3 Å². The van der Waals surface area contributed by atoms with Gasteiger partial charge >= 0.3 is 0 Å². The lowest BCUT2D eigenvalue weighted by Gasteiger charge is -2.10. The standard InChI is InChI=1S/C13H12BrClO2S/c1-2-17-9-5-3-8(4-6-9)12(16)11-7-10(14)13(15)18-11/h3-7,12,16H,2H2,1H3. The van der Waals surface area contributed by atoms with E-state index in [1.807, 2.05) is 37.3 Å². The predicted molar refractivity (Wildman–Crippen MR) is 78.7 cm³/mol. The summed E-state index contributed by atoms with van der Waals surface area (Å²) in [5, 5.41) is 10.2. The van der Waals surface area contributed by atoms with Crippen LogP contribution in [0.25, 0.3) is 0 Å². The molecule has 5 heteroatoms. The summed E-state index contributed by atoms with van der Waals surface area (Å²) in [6.45, 7) is 2.57. The number of ether oxygens (including phenoxy) is 1. The van der Waals surface area contributed by atoms with Crippen LogP contribution >= 0.6 is 38.9 Å². The van der Waals surface area contributed by atoms with E-state index < -0.39 is 6.10 Å². The highest BCUT2D eigenvalue weighted by atomic mass is 79.9. The molecule has 0 saturated heterocycles. The van der Waals surface area contributed by atoms with Gasteiger partial charge in [-0.15, -0.1) is 11.3 Å². The first-order chi connectivity index (χ1) is 8.61. The van der Waals surface area contributed by atoms with Crippen LogP contribution in [0.1, 0.15) is 23.5 Å². The van der Waals surface area contributed by atoms with Gasteiger partial charge in [0.1, 0.15) is 16.2 Å². The summed E-state index contributed by atoms with van der Waals surface area (Å²) < 4.78 is 6.82. The van der Waals surface area contributed by atoms with Crippen molar-refractivity contribution in [2.75, 3.05) is 6.61 Å². The molecule has 0 amide bonds. The lowest BCUT2D eigenvalue weighted by atomic mass is 10.1. The third-order valence-corrected chi connectivity index (χ3v) is 4.97. The molecule has 0 saturated carbocycles. The molecule has 1 aromatic carbocycles. The zero-order valence-electron chi connectivity index (χ0n) is 9.69. The van der Waals surface area contributed by atoms with Crippen molar-refractivity contribution in [2.24, 2.45) is 0 Å². The van der Waals surface area contributed by atoms with Crippen molar-refractivity contribution in [3.63, 3.8) is 0 Å². The van der Waals surface area contributed by atoms with Crippen LogP contribution in [0.4, 0.5) is 0 Å². The molecule has 1 heterocycles. The third kappa shape index (κ3) is 3.06. The zero-order chi connectivity index (χ0) is 13.1. The summed E-state index contributed by atoms with van der Waals surface area (Å²) in [7, 11) is 0. The topological polar surface area (TPSA) is 29.5 Å². The lowest BCUT2D eigenvalue weighted by Crippen LogP contribution is -1.97. The molecule has 0 radical (unpaired) electrons. The molecule has 0 fully saturated rings. The fraction of sp³-hybridized carbons (Fsp3) is 0.231. The van der Waals surface area contributed by atoms with Gasteiger partial charge in [0.2, 0.25) is 0 Å². The van der Waals surface area contributed by atoms with E-state index in [0.717, 1.165) is 20.7 Å². The molecule has 1 N–H and O–H groups in total. The zero-order valence-corrected chi connectivity index (χ0v) is 12.8. The van der Waals surface area contributed by atoms with Crippen molar-refractivity contribution >= 4 is 38.9 Å². The Kier molecular flexibility index (Phi) is 4.67. The summed E-state index contributed by atoms with van der Waals surface area (Å²) >= 11 is 10.7. The highest BCUT2D eigenvalue weighted by Crippen LogP contribution is 2.37. The maximum atomic E-state index is 10.2. The Morgan fingerprint density at radius 2 is 2.06 bits per heavy atom. The minimum atomic E-state index is -0.658. The van der Waals surface area contributed by atoms with Gasteiger partial charge in [0.25, 0.3) is 0 Å². The second-order valence-corrected chi connectivity index (χ2v) is 6.22. The highest BCUT2D eigenvalue weighted by Gasteiger charge is 2.15. The van der Waals surface area contributed by atoms with Crippen molar-refractivity contribution in [3.05, 3.63) is 49.6 Å². The maximum absolute atomic E-state index is 10.2. The van der Waals surface area contributed by atoms with Crippen LogP contribution in [0.3, 0.4) is 0 Å². The molecule has 0 bridgehead atoms. The van der Waals surface area contributed by atoms with E-state index in [-0.39, 0.29) is 0 Å². The first-order valence-electron chi connectivity index (χ1n) is 5.47. The largest absolute Gasteiger partial charge is 0.494 e. The first-order valence-corrected chi connectivity index (χ1v) is 7.46. The number of rotatable bonds is 4. The number of thiophene rings is 1. The number of hydrogen-bond donors (Lipinski definition) is 1. The number of aliphatic hydroxyl groups is 1. The molecule has 2 rings (SSSR count). The maximum Gasteiger partial charge on any atom is 0.119 e. The molecule has 1 aromatic heterocycles. The number of benzene rings is 1. The van der Waals surface area contributed by atoms with E-state index in [2.05, 4.69) is 15.9 Å². The summed E-state index contributed by atoms with van der Waals surface area (Å²) in [5.41, 5.74) is 0.823. The summed E-state index contributed by atoms with van der Waals surface area (Å²) in [6.07, 6.45) is -0.658. The van der Waals surface area contributed by atoms with Gasteiger partial charge < -0.3 is 9.84 Å². The first kappa shape index (κ1) is 13.9. The molecule has 0 aliphatic carbocycles. The number of aliphatic hydroxyl groups excluding tert-OH is 1. The average molecular weight is 348 g/mol. The van der Waals surface area contributed by atoms with Crippen LogP contribution in [0.15, 0.2) is 34.8 Å². The predicted octanol–water partition coefficient (Wildman–Crippen LogP) is 4.64. The van der Waals surface area contributed by atoms with Crippen LogP contribution in [-0.4, -0.2) is 11.7 Å². The SMILES string of the molecule is CCOc1ccc(C(O)c2cc(Br)c(Cl)s2)cc1. The smallest absolute Gasteiger partial charge is 0.119 e. The van der Waals surface area contributed by atoms with Crippen molar-refractivity contribution in [3.8, 4) is 5.75 Å². The second-order valence-electron chi connectivity index (χ2n) is 3.67. The van der Waals surface area contributed by atoms with Gasteiger partial charge in [-0.1, -0.05) is 23.7 Å². The highest BCUT2D eigenvalue weighted by molar-refractivity contribution is 9.10. The van der Waals surface area contributed by atoms with Crippen molar-refractivity contribution < 1.29 is 9.84 Å². The molecule has 0 aliphatic rings. The Morgan fingerprint density at radius 1 is 1.39 bits per heavy atom. The molecule has 2 aromatic rings. The molecule has 0 aliphatic heterocycles. The number of halogens is 2. The van der Waals surface area contributed by atoms with Gasteiger partial charge in [-0.3, -0.25) is 0 Å². The van der Waals surface area contributed by atoms with Gasteiger partial charge in [0.05, 0.1) is 6.61 Å². The Labute approximate surface area is 123 Å². The Hall–Kier alpha value is -0.550. The molecular weight excluding hydrogens is 336 g/mol. The van der Waals surface area contributed by atoms with Gasteiger partial charge in [-0.25, -0.2) is 0 Å². The quantitative estimate of drug-likeness (QED) is 0.872. The molecule has 96 valence electrons. The summed E-state index contributed by atoms with van der Waals surface area (Å²) in [4.78, 5) is 0.816. The lowest BCUT2D eigenvalue weighted by molar-refractivity contribution is 0.224. The summed E-state index contributed by atoms with van der Waals surface area (Å²) in [5.74, 6) is 0.804. The molecule has 1 atom stereocenters. The van der Waals surface area contributed by atoms with E-state index in [1.54, 1.807) is 0 Å². The summed E-state index contributed by atoms with van der Waals surface area (Å²) in [6, 6.07) is 9.27. The monoisotopic (exact) mass is 346 g/mol. The molecule has 1 unspecified atom stereocenters. The van der Waals surface area contributed by atoms with Gasteiger partial charge in [0, 0.05) is 9.35 Å². The molecule has 0 spiro atoms. The van der Waals surface area contributed by atoms with Gasteiger partial charge in [-0.05, 0) is 46.6 Å². The normalized spacial score (nSPS) is 12.4. The fourth-order valence-corrected chi connectivity index (χ4v) is 3.33. The van der Waals surface area contributed by atoms with E-state index in [9.17, 15) is 5.11 Å². The average Bonchev–Trinajstić information content (AvgIpc) is 2.70. The minimum absolute atomic E-state index is 0.634. The van der Waals surface area contributed by atoms with Crippen molar-refractivity contribution in [1.82, 2.24) is 0 Å². The van der Waals surface area contributed by atoms with Crippen LogP contribution in [0.2, 0.25) is 4.34 Å². The van der Waals surface area contributed by atoms with Crippen LogP contribution in [0.5, 0.6) is 5.75 Å². The van der Waals surface area contributed by atoms with Gasteiger partial charge in [0.15, 0.2) is 0 Å². The Morgan fingerprint density at radius 3 is 2.56 bits per heavy atom. The van der Waals surface area contributed by atoms with Crippen molar-refractivity contribution in [1.29, 1.82) is 0 Å². The third-order valence-electron chi connectivity index (χ3n) is 2.44. The minimum Gasteiger partial charge on any atom is -0.494 e. The molecule has 2 nitrogen and oxygen atoms in total. The number of hydrogen-bond acceptors (Lipinski definition) is 3. The Bertz CT molecular complexity index is 505. The molecule has 18 heavy (non-hydrogen) atoms.